The number of ether oxygens (including phenoxy) is 1. The summed E-state index contributed by atoms with van der Waals surface area (Å²) in [5.74, 6) is -0.628. The maximum Gasteiger partial charge on any atom is 0.316 e. The van der Waals surface area contributed by atoms with Crippen molar-refractivity contribution in [2.75, 3.05) is 17.3 Å². The highest BCUT2D eigenvalue weighted by Gasteiger charge is 2.31. The van der Waals surface area contributed by atoms with Gasteiger partial charge < -0.3 is 14.2 Å². The smallest absolute Gasteiger partial charge is 0.316 e. The zero-order valence-corrected chi connectivity index (χ0v) is 20.8. The molecule has 178 valence electrons. The molecule has 0 saturated heterocycles. The summed E-state index contributed by atoms with van der Waals surface area (Å²) in [4.78, 5) is 31.8. The molecule has 8 heteroatoms. The van der Waals surface area contributed by atoms with Gasteiger partial charge in [0.15, 0.2) is 11.8 Å². The van der Waals surface area contributed by atoms with Crippen molar-refractivity contribution >= 4 is 52.0 Å². The Morgan fingerprint density at radius 2 is 1.86 bits per heavy atom. The molecule has 6 nitrogen and oxygen atoms in total. The van der Waals surface area contributed by atoms with E-state index in [1.54, 1.807) is 4.90 Å². The summed E-state index contributed by atoms with van der Waals surface area (Å²) in [6.07, 6.45) is 0.799. The van der Waals surface area contributed by atoms with Crippen molar-refractivity contribution in [2.24, 2.45) is 0 Å². The summed E-state index contributed by atoms with van der Waals surface area (Å²) in [7, 11) is 0. The molecular weight excluding hydrogens is 482 g/mol. The zero-order chi connectivity index (χ0) is 24.4. The molecule has 0 spiro atoms. The quantitative estimate of drug-likeness (QED) is 0.250. The van der Waals surface area contributed by atoms with Crippen LogP contribution in [0, 0.1) is 0 Å². The Labute approximate surface area is 212 Å². The number of anilines is 1. The fraction of sp³-hybridized carbons (Fsp3) is 0.222. The van der Waals surface area contributed by atoms with E-state index in [4.69, 9.17) is 21.3 Å². The Bertz CT molecular complexity index is 1390. The number of benzene rings is 3. The fourth-order valence-corrected chi connectivity index (χ4v) is 5.41. The van der Waals surface area contributed by atoms with Gasteiger partial charge in [-0.25, -0.2) is 4.98 Å². The molecule has 4 aromatic rings. The average molecular weight is 506 g/mol. The van der Waals surface area contributed by atoms with E-state index in [9.17, 15) is 9.59 Å². The molecule has 0 fully saturated rings. The summed E-state index contributed by atoms with van der Waals surface area (Å²) < 4.78 is 7.41. The first-order valence-corrected chi connectivity index (χ1v) is 12.7. The Morgan fingerprint density at radius 1 is 1.09 bits per heavy atom. The van der Waals surface area contributed by atoms with Gasteiger partial charge in [0, 0.05) is 16.8 Å². The number of halogens is 1. The van der Waals surface area contributed by atoms with E-state index in [1.807, 2.05) is 79.7 Å². The van der Waals surface area contributed by atoms with Gasteiger partial charge in [-0.2, -0.15) is 0 Å². The predicted molar refractivity (Wildman–Crippen MR) is 139 cm³/mol. The maximum atomic E-state index is 12.8. The number of hydrogen-bond acceptors (Lipinski definition) is 5. The Kier molecular flexibility index (Phi) is 6.79. The molecule has 0 saturated carbocycles. The van der Waals surface area contributed by atoms with Gasteiger partial charge in [-0.05, 0) is 48.7 Å². The molecule has 3 aromatic carbocycles. The lowest BCUT2D eigenvalue weighted by Crippen LogP contribution is -2.38. The van der Waals surface area contributed by atoms with E-state index >= 15 is 0 Å². The average Bonchev–Trinajstić information content (AvgIpc) is 3.37. The highest BCUT2D eigenvalue weighted by molar-refractivity contribution is 7.99. The molecule has 1 atom stereocenters. The molecule has 1 amide bonds. The summed E-state index contributed by atoms with van der Waals surface area (Å²) in [5, 5.41) is 1.30. The standard InChI is InChI=1S/C27H24ClN3O3S/c1-18-13-20-9-5-6-10-23(20)31(18)25(32)16-34-26(33)17-35-27-29-22-14-21(28)11-12-24(22)30(27)15-19-7-3-2-4-8-19/h2-12,14,18H,13,15-17H2,1H3/t18-/m1/s1. The Morgan fingerprint density at radius 3 is 2.69 bits per heavy atom. The van der Waals surface area contributed by atoms with Crippen molar-refractivity contribution in [2.45, 2.75) is 31.1 Å². The number of amides is 1. The van der Waals surface area contributed by atoms with Gasteiger partial charge in [0.2, 0.25) is 0 Å². The van der Waals surface area contributed by atoms with Crippen LogP contribution in [0.1, 0.15) is 18.1 Å². The second-order valence-electron chi connectivity index (χ2n) is 8.49. The fourth-order valence-electron chi connectivity index (χ4n) is 4.43. The number of imidazole rings is 1. The van der Waals surface area contributed by atoms with Gasteiger partial charge >= 0.3 is 5.97 Å². The largest absolute Gasteiger partial charge is 0.455 e. The number of carbonyl (C=O) groups excluding carboxylic acids is 2. The van der Waals surface area contributed by atoms with E-state index in [-0.39, 0.29) is 24.3 Å². The van der Waals surface area contributed by atoms with E-state index in [0.717, 1.165) is 34.3 Å². The van der Waals surface area contributed by atoms with E-state index in [2.05, 4.69) is 4.57 Å². The summed E-state index contributed by atoms with van der Waals surface area (Å²) in [6.45, 7) is 2.33. The summed E-state index contributed by atoms with van der Waals surface area (Å²) >= 11 is 7.46. The van der Waals surface area contributed by atoms with E-state index < -0.39 is 5.97 Å². The normalized spacial score (nSPS) is 14.8. The van der Waals surface area contributed by atoms with Crippen LogP contribution in [0.15, 0.2) is 78.0 Å². The number of hydrogen-bond donors (Lipinski definition) is 0. The van der Waals surface area contributed by atoms with Gasteiger partial charge in [0.05, 0.1) is 23.3 Å². The number of rotatable bonds is 7. The first-order chi connectivity index (χ1) is 17.0. The topological polar surface area (TPSA) is 64.4 Å². The Balaban J connectivity index is 1.25. The number of carbonyl (C=O) groups is 2. The van der Waals surface area contributed by atoms with Gasteiger partial charge in [-0.15, -0.1) is 0 Å². The predicted octanol–water partition coefficient (Wildman–Crippen LogP) is 5.35. The van der Waals surface area contributed by atoms with Crippen LogP contribution in [0.5, 0.6) is 0 Å². The Hall–Kier alpha value is -3.29. The molecule has 5 rings (SSSR count). The summed E-state index contributed by atoms with van der Waals surface area (Å²) in [6, 6.07) is 23.5. The zero-order valence-electron chi connectivity index (χ0n) is 19.2. The molecule has 2 heterocycles. The van der Waals surface area contributed by atoms with Crippen LogP contribution in [-0.2, 0) is 27.3 Å². The van der Waals surface area contributed by atoms with E-state index in [0.29, 0.717) is 16.7 Å². The minimum atomic E-state index is -0.458. The number of fused-ring (bicyclic) bond motifs is 2. The molecule has 1 aromatic heterocycles. The minimum Gasteiger partial charge on any atom is -0.455 e. The lowest BCUT2D eigenvalue weighted by atomic mass is 10.1. The van der Waals surface area contributed by atoms with Crippen LogP contribution < -0.4 is 4.90 Å². The maximum absolute atomic E-state index is 12.8. The molecule has 0 bridgehead atoms. The van der Waals surface area contributed by atoms with Crippen molar-refractivity contribution in [3.05, 3.63) is 88.9 Å². The van der Waals surface area contributed by atoms with Crippen LogP contribution >= 0.6 is 23.4 Å². The highest BCUT2D eigenvalue weighted by atomic mass is 35.5. The number of esters is 1. The molecule has 1 aliphatic rings. The molecule has 35 heavy (non-hydrogen) atoms. The number of nitrogens with zero attached hydrogens (tertiary/aromatic N) is 3. The van der Waals surface area contributed by atoms with Crippen molar-refractivity contribution in [3.63, 3.8) is 0 Å². The lowest BCUT2D eigenvalue weighted by molar-refractivity contribution is -0.145. The van der Waals surface area contributed by atoms with E-state index in [1.165, 1.54) is 11.8 Å². The molecule has 0 N–H and O–H groups in total. The number of aromatic nitrogens is 2. The second kappa shape index (κ2) is 10.1. The van der Waals surface area contributed by atoms with Crippen LogP contribution in [0.2, 0.25) is 5.02 Å². The lowest BCUT2D eigenvalue weighted by Gasteiger charge is -2.22. The van der Waals surface area contributed by atoms with Crippen LogP contribution in [0.25, 0.3) is 11.0 Å². The number of para-hydroxylation sites is 1. The third kappa shape index (κ3) is 5.06. The monoisotopic (exact) mass is 505 g/mol. The molecular formula is C27H24ClN3O3S. The van der Waals surface area contributed by atoms with Crippen molar-refractivity contribution in [3.8, 4) is 0 Å². The third-order valence-electron chi connectivity index (χ3n) is 6.01. The van der Waals surface area contributed by atoms with Crippen LogP contribution in [0.3, 0.4) is 0 Å². The van der Waals surface area contributed by atoms with Gasteiger partial charge in [-0.1, -0.05) is 71.9 Å². The first kappa shape index (κ1) is 23.5. The number of thioether (sulfide) groups is 1. The first-order valence-electron chi connectivity index (χ1n) is 11.4. The van der Waals surface area contributed by atoms with Gasteiger partial charge in [0.1, 0.15) is 0 Å². The molecule has 0 radical (unpaired) electrons. The third-order valence-corrected chi connectivity index (χ3v) is 7.20. The SMILES string of the molecule is C[C@@H]1Cc2ccccc2N1C(=O)COC(=O)CSc1nc2cc(Cl)ccc2n1Cc1ccccc1. The van der Waals surface area contributed by atoms with Crippen LogP contribution in [0.4, 0.5) is 5.69 Å². The second-order valence-corrected chi connectivity index (χ2v) is 9.87. The molecule has 0 aliphatic carbocycles. The van der Waals surface area contributed by atoms with Gasteiger partial charge in [-0.3, -0.25) is 9.59 Å². The molecule has 0 unspecified atom stereocenters. The van der Waals surface area contributed by atoms with Gasteiger partial charge in [0.25, 0.3) is 5.91 Å². The van der Waals surface area contributed by atoms with Crippen molar-refractivity contribution in [1.82, 2.24) is 9.55 Å². The van der Waals surface area contributed by atoms with Crippen molar-refractivity contribution in [1.29, 1.82) is 0 Å². The van der Waals surface area contributed by atoms with Crippen molar-refractivity contribution < 1.29 is 14.3 Å². The molecule has 1 aliphatic heterocycles. The van der Waals surface area contributed by atoms with Crippen LogP contribution in [-0.4, -0.2) is 39.8 Å². The summed E-state index contributed by atoms with van der Waals surface area (Å²) in [5.41, 5.74) is 4.85. The minimum absolute atomic E-state index is 0.0395. The highest BCUT2D eigenvalue weighted by Crippen LogP contribution is 2.32.